The van der Waals surface area contributed by atoms with E-state index in [9.17, 15) is 13.2 Å². The summed E-state index contributed by atoms with van der Waals surface area (Å²) < 4.78 is 23.3. The number of nitrogens with zero attached hydrogens (tertiary/aromatic N) is 1. The number of carbonyl (C=O) groups is 1. The van der Waals surface area contributed by atoms with E-state index in [1.54, 1.807) is 17.0 Å². The molecule has 0 aromatic heterocycles. The van der Waals surface area contributed by atoms with E-state index < -0.39 is 10.0 Å². The van der Waals surface area contributed by atoms with Crippen LogP contribution in [0.4, 0.5) is 0 Å². The molecule has 1 fully saturated rings. The van der Waals surface area contributed by atoms with Gasteiger partial charge in [0.25, 0.3) is 5.91 Å². The molecule has 1 heterocycles. The Bertz CT molecular complexity index is 645. The third-order valence-corrected chi connectivity index (χ3v) is 5.27. The van der Waals surface area contributed by atoms with Gasteiger partial charge >= 0.3 is 0 Å². The highest BCUT2D eigenvalue weighted by atomic mass is 32.2. The van der Waals surface area contributed by atoms with Crippen molar-refractivity contribution in [3.8, 4) is 0 Å². The Morgan fingerprint density at radius 2 is 1.86 bits per heavy atom. The number of hydrogen-bond donors (Lipinski definition) is 1. The van der Waals surface area contributed by atoms with Crippen LogP contribution in [-0.2, 0) is 16.4 Å². The summed E-state index contributed by atoms with van der Waals surface area (Å²) in [5.41, 5.74) is 1.02. The molecule has 1 aliphatic rings. The van der Waals surface area contributed by atoms with Gasteiger partial charge < -0.3 is 4.90 Å². The van der Waals surface area contributed by atoms with Gasteiger partial charge in [-0.15, -0.1) is 0 Å². The molecule has 2 rings (SSSR count). The van der Waals surface area contributed by atoms with Crippen LogP contribution in [0.5, 0.6) is 0 Å². The molecule has 5 nitrogen and oxygen atoms in total. The lowest BCUT2D eigenvalue weighted by molar-refractivity contribution is 0.0784. The van der Waals surface area contributed by atoms with E-state index in [1.165, 1.54) is 6.07 Å². The van der Waals surface area contributed by atoms with Crippen molar-refractivity contribution in [2.75, 3.05) is 13.1 Å². The average molecular weight is 310 g/mol. The lowest BCUT2D eigenvalue weighted by Gasteiger charge is -2.17. The summed E-state index contributed by atoms with van der Waals surface area (Å²) in [6.07, 6.45) is 0.554. The molecule has 21 heavy (non-hydrogen) atoms. The second kappa shape index (κ2) is 5.77. The summed E-state index contributed by atoms with van der Waals surface area (Å²) in [6.45, 7) is 7.51. The van der Waals surface area contributed by atoms with Crippen LogP contribution in [0.15, 0.2) is 23.1 Å². The number of amides is 1. The van der Waals surface area contributed by atoms with E-state index in [-0.39, 0.29) is 10.8 Å². The first kappa shape index (κ1) is 16.0. The Labute approximate surface area is 126 Å². The van der Waals surface area contributed by atoms with Gasteiger partial charge in [-0.25, -0.2) is 13.6 Å². The van der Waals surface area contributed by atoms with Gasteiger partial charge in [0.05, 0.1) is 4.90 Å². The fraction of sp³-hybridized carbons (Fsp3) is 0.533. The maximum Gasteiger partial charge on any atom is 0.253 e. The van der Waals surface area contributed by atoms with Crippen LogP contribution in [0.3, 0.4) is 0 Å². The minimum atomic E-state index is -3.82. The highest BCUT2D eigenvalue weighted by Gasteiger charge is 2.30. The smallest absolute Gasteiger partial charge is 0.253 e. The van der Waals surface area contributed by atoms with Gasteiger partial charge in [-0.05, 0) is 36.0 Å². The molecule has 0 saturated carbocycles. The van der Waals surface area contributed by atoms with Gasteiger partial charge in [-0.2, -0.15) is 0 Å². The second-order valence-corrected chi connectivity index (χ2v) is 7.42. The highest BCUT2D eigenvalue weighted by molar-refractivity contribution is 7.89. The minimum Gasteiger partial charge on any atom is -0.338 e. The molecular formula is C15H22N2O3S. The Hall–Kier alpha value is -1.40. The molecule has 2 unspecified atom stereocenters. The number of benzene rings is 1. The van der Waals surface area contributed by atoms with Crippen molar-refractivity contribution in [2.45, 2.75) is 32.1 Å². The molecule has 1 aromatic rings. The van der Waals surface area contributed by atoms with Crippen LogP contribution in [0.25, 0.3) is 0 Å². The molecular weight excluding hydrogens is 288 g/mol. The van der Waals surface area contributed by atoms with Crippen molar-refractivity contribution >= 4 is 15.9 Å². The van der Waals surface area contributed by atoms with Crippen molar-refractivity contribution < 1.29 is 13.2 Å². The molecule has 2 atom stereocenters. The summed E-state index contributed by atoms with van der Waals surface area (Å²) in [4.78, 5) is 14.3. The van der Waals surface area contributed by atoms with E-state index in [2.05, 4.69) is 13.8 Å². The number of nitrogens with two attached hydrogens (primary N) is 1. The van der Waals surface area contributed by atoms with Crippen LogP contribution in [0.2, 0.25) is 0 Å². The third-order valence-electron chi connectivity index (χ3n) is 4.28. The molecule has 116 valence electrons. The first-order chi connectivity index (χ1) is 9.74. The lowest BCUT2D eigenvalue weighted by Crippen LogP contribution is -2.29. The standard InChI is InChI=1S/C15H22N2O3S/c1-4-12-5-6-13(7-14(12)21(16,19)20)15(18)17-8-10(2)11(3)9-17/h5-7,10-11H,4,8-9H2,1-3H3,(H2,16,19,20). The normalized spacial score (nSPS) is 22.6. The summed E-state index contributed by atoms with van der Waals surface area (Å²) in [6, 6.07) is 4.77. The predicted octanol–water partition coefficient (Wildman–Crippen LogP) is 1.62. The van der Waals surface area contributed by atoms with E-state index in [0.717, 1.165) is 0 Å². The second-order valence-electron chi connectivity index (χ2n) is 5.89. The molecule has 1 saturated heterocycles. The van der Waals surface area contributed by atoms with E-state index in [4.69, 9.17) is 5.14 Å². The number of rotatable bonds is 3. The van der Waals surface area contributed by atoms with E-state index in [0.29, 0.717) is 42.5 Å². The van der Waals surface area contributed by atoms with Gasteiger partial charge in [0, 0.05) is 18.7 Å². The molecule has 1 amide bonds. The van der Waals surface area contributed by atoms with E-state index in [1.807, 2.05) is 6.92 Å². The zero-order chi connectivity index (χ0) is 15.8. The quantitative estimate of drug-likeness (QED) is 0.921. The highest BCUT2D eigenvalue weighted by Crippen LogP contribution is 2.25. The summed E-state index contributed by atoms with van der Waals surface area (Å²) in [7, 11) is -3.82. The SMILES string of the molecule is CCc1ccc(C(=O)N2CC(C)C(C)C2)cc1S(N)(=O)=O. The molecule has 0 aliphatic carbocycles. The summed E-state index contributed by atoms with van der Waals surface area (Å²) in [5, 5.41) is 5.25. The topological polar surface area (TPSA) is 80.5 Å². The van der Waals surface area contributed by atoms with E-state index >= 15 is 0 Å². The summed E-state index contributed by atoms with van der Waals surface area (Å²) in [5.74, 6) is 0.793. The monoisotopic (exact) mass is 310 g/mol. The Morgan fingerprint density at radius 3 is 2.33 bits per heavy atom. The van der Waals surface area contributed by atoms with Crippen molar-refractivity contribution in [3.63, 3.8) is 0 Å². The summed E-state index contributed by atoms with van der Waals surface area (Å²) >= 11 is 0. The van der Waals surface area contributed by atoms with Crippen LogP contribution in [-0.4, -0.2) is 32.3 Å². The number of likely N-dealkylation sites (tertiary alicyclic amines) is 1. The molecule has 1 aliphatic heterocycles. The molecule has 0 radical (unpaired) electrons. The average Bonchev–Trinajstić information content (AvgIpc) is 2.76. The molecule has 0 spiro atoms. The van der Waals surface area contributed by atoms with Crippen molar-refractivity contribution in [1.29, 1.82) is 0 Å². The number of carbonyl (C=O) groups excluding carboxylic acids is 1. The first-order valence-corrected chi connectivity index (χ1v) is 8.73. The Balaban J connectivity index is 2.35. The molecule has 2 N–H and O–H groups in total. The molecule has 1 aromatic carbocycles. The Kier molecular flexibility index (Phi) is 4.39. The first-order valence-electron chi connectivity index (χ1n) is 7.19. The van der Waals surface area contributed by atoms with Gasteiger partial charge in [0.2, 0.25) is 10.0 Å². The fourth-order valence-electron chi connectivity index (χ4n) is 2.72. The van der Waals surface area contributed by atoms with Gasteiger partial charge in [0.1, 0.15) is 0 Å². The number of aryl methyl sites for hydroxylation is 1. The van der Waals surface area contributed by atoms with Crippen LogP contribution in [0.1, 0.15) is 36.7 Å². The Morgan fingerprint density at radius 1 is 1.29 bits per heavy atom. The van der Waals surface area contributed by atoms with Crippen LogP contribution < -0.4 is 5.14 Å². The minimum absolute atomic E-state index is 0.0520. The maximum absolute atomic E-state index is 12.5. The molecule has 0 bridgehead atoms. The molecule has 6 heteroatoms. The van der Waals surface area contributed by atoms with Gasteiger partial charge in [-0.1, -0.05) is 26.8 Å². The zero-order valence-corrected chi connectivity index (χ0v) is 13.5. The fourth-order valence-corrected chi connectivity index (χ4v) is 3.59. The van der Waals surface area contributed by atoms with Crippen molar-refractivity contribution in [1.82, 2.24) is 4.90 Å². The van der Waals surface area contributed by atoms with Crippen molar-refractivity contribution in [2.24, 2.45) is 17.0 Å². The number of hydrogen-bond acceptors (Lipinski definition) is 3. The van der Waals surface area contributed by atoms with Gasteiger partial charge in [-0.3, -0.25) is 4.79 Å². The van der Waals surface area contributed by atoms with Crippen LogP contribution in [0, 0.1) is 11.8 Å². The predicted molar refractivity (Wildman–Crippen MR) is 81.4 cm³/mol. The third kappa shape index (κ3) is 3.27. The van der Waals surface area contributed by atoms with Gasteiger partial charge in [0.15, 0.2) is 0 Å². The largest absolute Gasteiger partial charge is 0.338 e. The lowest BCUT2D eigenvalue weighted by atomic mass is 10.0. The maximum atomic E-state index is 12.5. The zero-order valence-electron chi connectivity index (χ0n) is 12.7. The van der Waals surface area contributed by atoms with Crippen molar-refractivity contribution in [3.05, 3.63) is 29.3 Å². The number of sulfonamides is 1. The van der Waals surface area contributed by atoms with Crippen LogP contribution >= 0.6 is 0 Å². The number of primary sulfonamides is 1.